The number of aromatic nitrogens is 2. The number of nitrogen functional groups attached to an aromatic ring is 2. The zero-order chi connectivity index (χ0) is 32.8. The molecule has 234 valence electrons. The fourth-order valence-electron chi connectivity index (χ4n) is 4.45. The van der Waals surface area contributed by atoms with Gasteiger partial charge in [0.15, 0.2) is 0 Å². The maximum atomic E-state index is 13.6. The second kappa shape index (κ2) is 14.6. The molecule has 0 aliphatic carbocycles. The summed E-state index contributed by atoms with van der Waals surface area (Å²) in [5, 5.41) is 0. The molecule has 1 aliphatic rings. The van der Waals surface area contributed by atoms with Gasteiger partial charge in [-0.15, -0.1) is 0 Å². The third-order valence-electron chi connectivity index (χ3n) is 7.73. The Morgan fingerprint density at radius 2 is 1.25 bits per heavy atom. The van der Waals surface area contributed by atoms with Crippen molar-refractivity contribution in [2.75, 3.05) is 11.5 Å². The largest absolute Gasteiger partial charge is 0.496 e. The molecule has 4 N–H and O–H groups in total. The minimum atomic E-state index is -0.302. The first-order valence-electron chi connectivity index (χ1n) is 14.5. The molecular formula is C34H42BBrF2N4O2. The van der Waals surface area contributed by atoms with Gasteiger partial charge in [0.2, 0.25) is 0 Å². The Bertz CT molecular complexity index is 1520. The van der Waals surface area contributed by atoms with Crippen molar-refractivity contribution in [3.8, 4) is 11.1 Å². The van der Waals surface area contributed by atoms with Crippen LogP contribution >= 0.6 is 15.9 Å². The molecule has 44 heavy (non-hydrogen) atoms. The molecule has 0 saturated carbocycles. The highest BCUT2D eigenvalue weighted by molar-refractivity contribution is 9.10. The molecule has 0 amide bonds. The lowest BCUT2D eigenvalue weighted by Crippen LogP contribution is -2.41. The maximum absolute atomic E-state index is 13.6. The van der Waals surface area contributed by atoms with E-state index < -0.39 is 0 Å². The third kappa shape index (κ3) is 8.64. The van der Waals surface area contributed by atoms with Crippen LogP contribution in [0.3, 0.4) is 0 Å². The van der Waals surface area contributed by atoms with E-state index in [1.54, 1.807) is 24.8 Å². The van der Waals surface area contributed by atoms with Crippen molar-refractivity contribution in [1.29, 1.82) is 0 Å². The standard InChI is InChI=1S/C14H15FN2.C11H16BNO2.C9H11BrFN/c1-9(2)12-6-11(15)7-13(14(12)16)10-4-3-5-17-8-10;1-10(2)11(3,4)15-12(14-10)9-6-5-7-13-8-9;1-5(2)7-3-6(11)4-8(10)9(7)12/h3-9H,16H2,1-2H3;5-8H,1-4H3;3-5H,12H2,1-2H3. The topological polar surface area (TPSA) is 96.3 Å². The van der Waals surface area contributed by atoms with Crippen molar-refractivity contribution in [3.05, 3.63) is 101 Å². The molecular weight excluding hydrogens is 625 g/mol. The molecule has 4 aromatic rings. The summed E-state index contributed by atoms with van der Waals surface area (Å²) >= 11 is 3.20. The van der Waals surface area contributed by atoms with Gasteiger partial charge in [0, 0.05) is 57.2 Å². The zero-order valence-electron chi connectivity index (χ0n) is 26.7. The smallest absolute Gasteiger partial charge is 0.399 e. The number of nitrogens with two attached hydrogens (primary N) is 2. The molecule has 0 unspecified atom stereocenters. The van der Waals surface area contributed by atoms with Gasteiger partial charge in [0.1, 0.15) is 11.6 Å². The van der Waals surface area contributed by atoms with Crippen LogP contribution in [0.5, 0.6) is 0 Å². The first-order chi connectivity index (χ1) is 20.5. The maximum Gasteiger partial charge on any atom is 0.496 e. The van der Waals surface area contributed by atoms with E-state index in [0.717, 1.165) is 22.2 Å². The first kappa shape index (κ1) is 35.1. The monoisotopic (exact) mass is 666 g/mol. The molecule has 0 spiro atoms. The number of halogens is 3. The summed E-state index contributed by atoms with van der Waals surface area (Å²) in [5.74, 6) is -0.0698. The second-order valence-corrected chi connectivity index (χ2v) is 13.1. The number of benzene rings is 2. The molecule has 0 atom stereocenters. The van der Waals surface area contributed by atoms with Gasteiger partial charge in [0.25, 0.3) is 0 Å². The van der Waals surface area contributed by atoms with Crippen molar-refractivity contribution >= 4 is 39.9 Å². The summed E-state index contributed by atoms with van der Waals surface area (Å²) in [7, 11) is -0.302. The summed E-state index contributed by atoms with van der Waals surface area (Å²) in [4.78, 5) is 8.09. The molecule has 1 aliphatic heterocycles. The van der Waals surface area contributed by atoms with E-state index in [9.17, 15) is 8.78 Å². The van der Waals surface area contributed by atoms with Crippen molar-refractivity contribution in [2.24, 2.45) is 0 Å². The predicted molar refractivity (Wildman–Crippen MR) is 181 cm³/mol. The van der Waals surface area contributed by atoms with Crippen LogP contribution in [0.25, 0.3) is 11.1 Å². The highest BCUT2D eigenvalue weighted by atomic mass is 79.9. The van der Waals surface area contributed by atoms with Gasteiger partial charge in [0.05, 0.1) is 11.2 Å². The number of anilines is 2. The lowest BCUT2D eigenvalue weighted by Gasteiger charge is -2.32. The number of hydrogen-bond acceptors (Lipinski definition) is 6. The minimum Gasteiger partial charge on any atom is -0.399 e. The van der Waals surface area contributed by atoms with Gasteiger partial charge in [-0.25, -0.2) is 8.78 Å². The number of nitrogens with zero attached hydrogens (tertiary/aromatic N) is 2. The Labute approximate surface area is 268 Å². The molecule has 2 aromatic heterocycles. The lowest BCUT2D eigenvalue weighted by molar-refractivity contribution is 0.00578. The molecule has 3 heterocycles. The summed E-state index contributed by atoms with van der Waals surface area (Å²) in [6, 6.07) is 13.4. The highest BCUT2D eigenvalue weighted by Crippen LogP contribution is 2.36. The van der Waals surface area contributed by atoms with E-state index in [0.29, 0.717) is 21.4 Å². The molecule has 0 radical (unpaired) electrons. The number of rotatable bonds is 4. The van der Waals surface area contributed by atoms with Crippen LogP contribution < -0.4 is 16.9 Å². The number of hydrogen-bond donors (Lipinski definition) is 2. The van der Waals surface area contributed by atoms with Crippen molar-refractivity contribution in [3.63, 3.8) is 0 Å². The van der Waals surface area contributed by atoms with Gasteiger partial charge < -0.3 is 20.8 Å². The third-order valence-corrected chi connectivity index (χ3v) is 8.39. The summed E-state index contributed by atoms with van der Waals surface area (Å²) in [5.41, 5.74) is 16.7. The Hall–Kier alpha value is -3.34. The minimum absolute atomic E-state index is 0.195. The lowest BCUT2D eigenvalue weighted by atomic mass is 9.80. The zero-order valence-corrected chi connectivity index (χ0v) is 28.2. The average Bonchev–Trinajstić information content (AvgIpc) is 3.19. The van der Waals surface area contributed by atoms with Gasteiger partial charge in [-0.3, -0.25) is 9.97 Å². The van der Waals surface area contributed by atoms with Crippen LogP contribution in [-0.4, -0.2) is 28.3 Å². The highest BCUT2D eigenvalue weighted by Gasteiger charge is 2.51. The van der Waals surface area contributed by atoms with Crippen molar-refractivity contribution in [1.82, 2.24) is 9.97 Å². The molecule has 1 fully saturated rings. The van der Waals surface area contributed by atoms with Crippen LogP contribution in [0.2, 0.25) is 0 Å². The fraction of sp³-hybridized carbons (Fsp3) is 0.353. The van der Waals surface area contributed by atoms with Crippen LogP contribution in [0.15, 0.2) is 77.8 Å². The molecule has 5 rings (SSSR count). The number of pyridine rings is 2. The van der Waals surface area contributed by atoms with E-state index in [1.165, 1.54) is 24.3 Å². The van der Waals surface area contributed by atoms with Crippen molar-refractivity contribution in [2.45, 2.75) is 78.4 Å². The van der Waals surface area contributed by atoms with E-state index in [4.69, 9.17) is 20.8 Å². The molecule has 6 nitrogen and oxygen atoms in total. The van der Waals surface area contributed by atoms with E-state index >= 15 is 0 Å². The van der Waals surface area contributed by atoms with E-state index in [1.807, 2.05) is 79.7 Å². The van der Waals surface area contributed by atoms with Crippen LogP contribution in [-0.2, 0) is 9.31 Å². The Morgan fingerprint density at radius 1 is 0.750 bits per heavy atom. The second-order valence-electron chi connectivity index (χ2n) is 12.3. The quantitative estimate of drug-likeness (QED) is 0.168. The van der Waals surface area contributed by atoms with Crippen LogP contribution in [0, 0.1) is 11.6 Å². The summed E-state index contributed by atoms with van der Waals surface area (Å²) < 4.78 is 38.9. The Morgan fingerprint density at radius 3 is 1.73 bits per heavy atom. The van der Waals surface area contributed by atoms with Crippen LogP contribution in [0.1, 0.15) is 78.4 Å². The first-order valence-corrected chi connectivity index (χ1v) is 15.3. The molecule has 0 bridgehead atoms. The summed E-state index contributed by atoms with van der Waals surface area (Å²) in [6.45, 7) is 16.1. The Kier molecular flexibility index (Phi) is 11.7. The van der Waals surface area contributed by atoms with Gasteiger partial charge in [-0.1, -0.05) is 39.8 Å². The van der Waals surface area contributed by atoms with Crippen molar-refractivity contribution < 1.29 is 18.1 Å². The van der Waals surface area contributed by atoms with Gasteiger partial charge in [-0.2, -0.15) is 0 Å². The van der Waals surface area contributed by atoms with Crippen LogP contribution in [0.4, 0.5) is 20.2 Å². The van der Waals surface area contributed by atoms with Gasteiger partial charge >= 0.3 is 7.12 Å². The normalized spacial score (nSPS) is 15.0. The summed E-state index contributed by atoms with van der Waals surface area (Å²) in [6.07, 6.45) is 6.90. The Balaban J connectivity index is 0.000000183. The molecule has 1 saturated heterocycles. The molecule has 2 aromatic carbocycles. The molecule has 10 heteroatoms. The van der Waals surface area contributed by atoms with Gasteiger partial charge in [-0.05, 0) is 103 Å². The van der Waals surface area contributed by atoms with E-state index in [-0.39, 0.29) is 41.8 Å². The SMILES string of the molecule is CC(C)c1cc(F)cc(-c2cccnc2)c1N.CC(C)c1cc(F)cc(Br)c1N.CC1(C)OB(c2cccnc2)OC1(C)C. The fourth-order valence-corrected chi connectivity index (χ4v) is 4.90. The average molecular weight is 667 g/mol. The predicted octanol–water partition coefficient (Wildman–Crippen LogP) is 8.27. The van der Waals surface area contributed by atoms with E-state index in [2.05, 4.69) is 25.9 Å².